The van der Waals surface area contributed by atoms with Crippen molar-refractivity contribution in [2.75, 3.05) is 26.7 Å². The van der Waals surface area contributed by atoms with E-state index in [1.165, 1.54) is 12.8 Å². The fourth-order valence-corrected chi connectivity index (χ4v) is 5.54. The number of fused-ring (bicyclic) bond motifs is 1. The number of piperazine rings is 1. The van der Waals surface area contributed by atoms with E-state index in [4.69, 9.17) is 9.47 Å². The molecular formula is C30H37N3O5. The Balaban J connectivity index is 1.51. The minimum absolute atomic E-state index is 0.112. The van der Waals surface area contributed by atoms with Crippen LogP contribution in [0, 0.1) is 6.92 Å². The Morgan fingerprint density at radius 2 is 1.79 bits per heavy atom. The van der Waals surface area contributed by atoms with Crippen molar-refractivity contribution < 1.29 is 24.2 Å². The molecule has 0 radical (unpaired) electrons. The fraction of sp³-hybridized carbons (Fsp3) is 0.467. The average Bonchev–Trinajstić information content (AvgIpc) is 3.62. The van der Waals surface area contributed by atoms with Crippen molar-refractivity contribution in [1.82, 2.24) is 14.4 Å². The number of rotatable bonds is 6. The third-order valence-electron chi connectivity index (χ3n) is 7.53. The Bertz CT molecular complexity index is 1350. The third kappa shape index (κ3) is 5.28. The summed E-state index contributed by atoms with van der Waals surface area (Å²) in [5.74, 6) is -0.125. The number of ether oxygens (including phenoxy) is 2. The molecule has 1 aliphatic carbocycles. The van der Waals surface area contributed by atoms with E-state index >= 15 is 0 Å². The molecule has 2 heterocycles. The zero-order valence-corrected chi connectivity index (χ0v) is 22.9. The molecule has 5 rings (SSSR count). The number of methoxy groups -OCH3 is 1. The number of nitrogens with zero attached hydrogens (tertiary/aromatic N) is 3. The number of aromatic nitrogens is 1. The van der Waals surface area contributed by atoms with Gasteiger partial charge in [-0.15, -0.1) is 0 Å². The maximum absolute atomic E-state index is 13.0. The van der Waals surface area contributed by atoms with Crippen LogP contribution in [0.25, 0.3) is 10.9 Å². The van der Waals surface area contributed by atoms with Gasteiger partial charge in [0, 0.05) is 55.4 Å². The van der Waals surface area contributed by atoms with E-state index in [0.29, 0.717) is 18.2 Å². The maximum Gasteiger partial charge on any atom is 0.419 e. The quantitative estimate of drug-likeness (QED) is 0.463. The summed E-state index contributed by atoms with van der Waals surface area (Å²) in [6.45, 7) is 11.0. The van der Waals surface area contributed by atoms with E-state index < -0.39 is 17.7 Å². The van der Waals surface area contributed by atoms with Crippen LogP contribution in [0.5, 0.6) is 5.75 Å². The highest BCUT2D eigenvalue weighted by atomic mass is 16.6. The number of hydrogen-bond acceptors (Lipinski definition) is 6. The van der Waals surface area contributed by atoms with E-state index in [2.05, 4.69) is 9.80 Å². The topological polar surface area (TPSA) is 84.2 Å². The Hall–Kier alpha value is -3.36. The van der Waals surface area contributed by atoms with Gasteiger partial charge >= 0.3 is 12.1 Å². The van der Waals surface area contributed by atoms with Crippen molar-refractivity contribution in [1.29, 1.82) is 0 Å². The number of carboxylic acid groups (broad SMARTS) is 1. The van der Waals surface area contributed by atoms with Gasteiger partial charge in [-0.3, -0.25) is 14.4 Å². The van der Waals surface area contributed by atoms with Gasteiger partial charge in [-0.2, -0.15) is 0 Å². The van der Waals surface area contributed by atoms with Gasteiger partial charge in [0.2, 0.25) is 0 Å². The molecule has 38 heavy (non-hydrogen) atoms. The van der Waals surface area contributed by atoms with Crippen LogP contribution >= 0.6 is 0 Å². The van der Waals surface area contributed by atoms with Gasteiger partial charge in [-0.1, -0.05) is 12.1 Å². The first-order chi connectivity index (χ1) is 18.1. The molecule has 1 saturated heterocycles. The second-order valence-corrected chi connectivity index (χ2v) is 11.4. The second-order valence-electron chi connectivity index (χ2n) is 11.4. The molecule has 0 bridgehead atoms. The summed E-state index contributed by atoms with van der Waals surface area (Å²) in [7, 11) is 1.68. The summed E-state index contributed by atoms with van der Waals surface area (Å²) in [6, 6.07) is 12.0. The van der Waals surface area contributed by atoms with Crippen LogP contribution in [0.1, 0.15) is 66.7 Å². The number of aromatic carboxylic acids is 1. The van der Waals surface area contributed by atoms with Crippen LogP contribution in [0.15, 0.2) is 42.6 Å². The van der Waals surface area contributed by atoms with Crippen molar-refractivity contribution >= 4 is 23.0 Å². The molecule has 8 heteroatoms. The van der Waals surface area contributed by atoms with Crippen LogP contribution in [0.3, 0.4) is 0 Å². The zero-order chi connectivity index (χ0) is 27.2. The number of carbonyl (C=O) groups excluding carboxylic acids is 1. The molecule has 2 fully saturated rings. The Morgan fingerprint density at radius 1 is 1.08 bits per heavy atom. The van der Waals surface area contributed by atoms with Gasteiger partial charge < -0.3 is 14.6 Å². The van der Waals surface area contributed by atoms with Crippen molar-refractivity contribution in [2.45, 2.75) is 64.8 Å². The van der Waals surface area contributed by atoms with Gasteiger partial charge in [-0.25, -0.2) is 9.59 Å². The molecule has 1 atom stereocenters. The monoisotopic (exact) mass is 519 g/mol. The van der Waals surface area contributed by atoms with Gasteiger partial charge in [0.15, 0.2) is 0 Å². The molecule has 3 aromatic rings. The minimum Gasteiger partial charge on any atom is -0.496 e. The lowest BCUT2D eigenvalue weighted by Crippen LogP contribution is -2.48. The molecule has 1 aromatic heterocycles. The molecule has 0 unspecified atom stereocenters. The minimum atomic E-state index is -0.919. The van der Waals surface area contributed by atoms with Crippen LogP contribution < -0.4 is 4.74 Å². The van der Waals surface area contributed by atoms with Crippen molar-refractivity contribution in [3.63, 3.8) is 0 Å². The predicted octanol–water partition coefficient (Wildman–Crippen LogP) is 5.46. The molecule has 1 aliphatic heterocycles. The van der Waals surface area contributed by atoms with Crippen molar-refractivity contribution in [2.24, 2.45) is 0 Å². The molecule has 2 aliphatic rings. The lowest BCUT2D eigenvalue weighted by atomic mass is 9.98. The van der Waals surface area contributed by atoms with Gasteiger partial charge in [0.1, 0.15) is 11.4 Å². The fourth-order valence-electron chi connectivity index (χ4n) is 5.54. The van der Waals surface area contributed by atoms with E-state index in [0.717, 1.165) is 53.0 Å². The first-order valence-electron chi connectivity index (χ1n) is 13.3. The summed E-state index contributed by atoms with van der Waals surface area (Å²) < 4.78 is 13.1. The zero-order valence-electron chi connectivity index (χ0n) is 22.9. The van der Waals surface area contributed by atoms with E-state index in [-0.39, 0.29) is 6.04 Å². The highest BCUT2D eigenvalue weighted by molar-refractivity contribution is 5.95. The van der Waals surface area contributed by atoms with Gasteiger partial charge in [0.05, 0.1) is 18.2 Å². The van der Waals surface area contributed by atoms with Crippen LogP contribution in [0.4, 0.5) is 4.79 Å². The highest BCUT2D eigenvalue weighted by Gasteiger charge is 2.37. The summed E-state index contributed by atoms with van der Waals surface area (Å²) in [5, 5.41) is 10.3. The summed E-state index contributed by atoms with van der Waals surface area (Å²) in [6.07, 6.45) is 3.87. The van der Waals surface area contributed by atoms with Gasteiger partial charge in [0.25, 0.3) is 0 Å². The molecule has 8 nitrogen and oxygen atoms in total. The van der Waals surface area contributed by atoms with E-state index in [1.807, 2.05) is 52.0 Å². The lowest BCUT2D eigenvalue weighted by molar-refractivity contribution is 0.0543. The first kappa shape index (κ1) is 26.3. The largest absolute Gasteiger partial charge is 0.496 e. The first-order valence-corrected chi connectivity index (χ1v) is 13.3. The number of carboxylic acids is 1. The maximum atomic E-state index is 13.0. The summed E-state index contributed by atoms with van der Waals surface area (Å²) in [4.78, 5) is 29.5. The Kier molecular flexibility index (Phi) is 6.96. The highest BCUT2D eigenvalue weighted by Crippen LogP contribution is 2.38. The van der Waals surface area contributed by atoms with E-state index in [9.17, 15) is 14.7 Å². The smallest absolute Gasteiger partial charge is 0.419 e. The van der Waals surface area contributed by atoms with Crippen LogP contribution in [-0.2, 0) is 11.3 Å². The van der Waals surface area contributed by atoms with E-state index in [1.54, 1.807) is 30.0 Å². The number of hydrogen-bond donors (Lipinski definition) is 1. The second kappa shape index (κ2) is 10.1. The standard InChI is InChI=1S/C30H37N3O5/c1-19-16-26(37-5)24(23-12-13-33(27(19)23)29(36)38-30(2,3)4)17-32-15-14-31(22-10-11-22)18-25(32)20-6-8-21(9-7-20)28(34)35/h6-9,12-13,16,22,25H,10-11,14-15,17-18H2,1-5H3,(H,34,35)/t25-/m1/s1. The average molecular weight is 520 g/mol. The lowest BCUT2D eigenvalue weighted by Gasteiger charge is -2.42. The number of aryl methyl sites for hydroxylation is 1. The van der Waals surface area contributed by atoms with Crippen molar-refractivity contribution in [3.05, 3.63) is 64.8 Å². The molecule has 0 amide bonds. The summed E-state index contributed by atoms with van der Waals surface area (Å²) >= 11 is 0. The summed E-state index contributed by atoms with van der Waals surface area (Å²) in [5.41, 5.74) is 3.60. The van der Waals surface area contributed by atoms with Gasteiger partial charge in [-0.05, 0) is 75.9 Å². The number of carbonyl (C=O) groups is 2. The predicted molar refractivity (Wildman–Crippen MR) is 146 cm³/mol. The van der Waals surface area contributed by atoms with Crippen LogP contribution in [-0.4, -0.2) is 69.9 Å². The third-order valence-corrected chi connectivity index (χ3v) is 7.53. The molecule has 1 saturated carbocycles. The van der Waals surface area contributed by atoms with Crippen molar-refractivity contribution in [3.8, 4) is 5.75 Å². The molecule has 1 N–H and O–H groups in total. The molecule has 202 valence electrons. The molecule has 0 spiro atoms. The number of benzene rings is 2. The normalized spacial score (nSPS) is 19.0. The Labute approximate surface area is 223 Å². The molecular weight excluding hydrogens is 482 g/mol. The van der Waals surface area contributed by atoms with Crippen LogP contribution in [0.2, 0.25) is 0 Å². The SMILES string of the molecule is COc1cc(C)c2c(ccn2C(=O)OC(C)(C)C)c1CN1CCN(C2CC2)C[C@@H]1c1ccc(C(=O)O)cc1. The Morgan fingerprint density at radius 3 is 2.39 bits per heavy atom. The molecule has 2 aromatic carbocycles.